The Morgan fingerprint density at radius 2 is 0.969 bits per heavy atom. The van der Waals surface area contributed by atoms with Gasteiger partial charge >= 0.3 is 0 Å². The normalized spacial score (nSPS) is 11.8. The maximum Gasteiger partial charge on any atom is 0.246 e. The van der Waals surface area contributed by atoms with Crippen LogP contribution in [0.5, 0.6) is 0 Å². The third kappa shape index (κ3) is 22.3. The van der Waals surface area contributed by atoms with E-state index in [1.807, 2.05) is 6.08 Å². The second-order valence-electron chi connectivity index (χ2n) is 10.1. The van der Waals surface area contributed by atoms with Crippen LogP contribution in [0.25, 0.3) is 0 Å². The molecule has 0 aliphatic carbocycles. The molecule has 0 spiro atoms. The van der Waals surface area contributed by atoms with Gasteiger partial charge in [0.1, 0.15) is 0 Å². The van der Waals surface area contributed by atoms with E-state index in [9.17, 15) is 4.79 Å². The number of unbranched alkanes of at least 4 members (excludes halogenated alkanes) is 13. The first-order valence-electron chi connectivity index (χ1n) is 13.7. The van der Waals surface area contributed by atoms with Gasteiger partial charge in [0.2, 0.25) is 5.91 Å². The number of allylic oxidation sites excluding steroid dienone is 1. The molecule has 0 N–H and O–H groups in total. The molecule has 0 heterocycles. The minimum atomic E-state index is 0.211. The van der Waals surface area contributed by atoms with E-state index in [1.54, 1.807) is 0 Å². The third-order valence-corrected chi connectivity index (χ3v) is 6.11. The molecule has 4 nitrogen and oxygen atoms in total. The van der Waals surface area contributed by atoms with E-state index in [0.29, 0.717) is 0 Å². The zero-order valence-electron chi connectivity index (χ0n) is 22.5. The van der Waals surface area contributed by atoms with E-state index in [2.05, 4.69) is 55.9 Å². The summed E-state index contributed by atoms with van der Waals surface area (Å²) < 4.78 is 0. The van der Waals surface area contributed by atoms with Crippen molar-refractivity contribution in [3.63, 3.8) is 0 Å². The highest BCUT2D eigenvalue weighted by Crippen LogP contribution is 2.12. The lowest BCUT2D eigenvalue weighted by Crippen LogP contribution is -2.32. The first kappa shape index (κ1) is 31.1. The van der Waals surface area contributed by atoms with Crippen molar-refractivity contribution < 1.29 is 4.79 Å². The fraction of sp³-hybridized carbons (Fsp3) is 0.893. The average Bonchev–Trinajstić information content (AvgIpc) is 2.75. The second kappa shape index (κ2) is 23.3. The van der Waals surface area contributed by atoms with Gasteiger partial charge in [0.15, 0.2) is 0 Å². The highest BCUT2D eigenvalue weighted by Gasteiger charge is 2.10. The third-order valence-electron chi connectivity index (χ3n) is 6.11. The molecule has 0 saturated carbocycles. The maximum absolute atomic E-state index is 12.7. The summed E-state index contributed by atoms with van der Waals surface area (Å²) >= 11 is 0. The van der Waals surface area contributed by atoms with Crippen LogP contribution < -0.4 is 0 Å². The number of nitrogens with zero attached hydrogens (tertiary/aromatic N) is 3. The largest absolute Gasteiger partial charge is 0.339 e. The summed E-state index contributed by atoms with van der Waals surface area (Å²) in [5.74, 6) is 0.211. The van der Waals surface area contributed by atoms with Gasteiger partial charge in [-0.25, -0.2) is 0 Å². The van der Waals surface area contributed by atoms with Crippen molar-refractivity contribution in [3.8, 4) is 0 Å². The van der Waals surface area contributed by atoms with Gasteiger partial charge in [-0.3, -0.25) is 4.79 Å². The minimum Gasteiger partial charge on any atom is -0.339 e. The number of rotatable bonds is 23. The topological polar surface area (TPSA) is 26.8 Å². The summed E-state index contributed by atoms with van der Waals surface area (Å²) in [6.45, 7) is 6.24. The van der Waals surface area contributed by atoms with E-state index in [-0.39, 0.29) is 5.91 Å². The van der Waals surface area contributed by atoms with Gasteiger partial charge in [-0.1, -0.05) is 77.2 Å². The highest BCUT2D eigenvalue weighted by atomic mass is 16.2. The molecule has 0 aromatic heterocycles. The Morgan fingerprint density at radius 1 is 0.562 bits per heavy atom. The van der Waals surface area contributed by atoms with Crippen LogP contribution in [0.4, 0.5) is 0 Å². The smallest absolute Gasteiger partial charge is 0.246 e. The summed E-state index contributed by atoms with van der Waals surface area (Å²) in [6.07, 6.45) is 24.5. The maximum atomic E-state index is 12.7. The highest BCUT2D eigenvalue weighted by molar-refractivity contribution is 5.87. The quantitative estimate of drug-likeness (QED) is 0.127. The van der Waals surface area contributed by atoms with Crippen LogP contribution in [-0.4, -0.2) is 75.0 Å². The van der Waals surface area contributed by atoms with Crippen molar-refractivity contribution >= 4 is 5.91 Å². The van der Waals surface area contributed by atoms with E-state index in [0.717, 1.165) is 58.3 Å². The van der Waals surface area contributed by atoms with Gasteiger partial charge < -0.3 is 14.7 Å². The number of carbonyl (C=O) groups is 1. The van der Waals surface area contributed by atoms with E-state index in [4.69, 9.17) is 0 Å². The lowest BCUT2D eigenvalue weighted by atomic mass is 10.1. The number of hydrogen-bond donors (Lipinski definition) is 0. The molecule has 0 radical (unpaired) electrons. The Bertz CT molecular complexity index is 418. The van der Waals surface area contributed by atoms with Crippen LogP contribution in [-0.2, 0) is 4.79 Å². The molecular formula is C28H57N3O. The van der Waals surface area contributed by atoms with Gasteiger partial charge in [-0.05, 0) is 85.9 Å². The standard InChI is InChI=1S/C28H57N3O/c1-6-7-8-9-10-11-12-13-14-15-16-17-18-23-28(32)31(26-21-19-24-29(2)3)27-22-20-25-30(4)5/h18,23H,6-17,19-22,24-27H2,1-5H3. The Balaban J connectivity index is 3.96. The summed E-state index contributed by atoms with van der Waals surface area (Å²) in [4.78, 5) is 19.2. The van der Waals surface area contributed by atoms with Crippen molar-refractivity contribution in [3.05, 3.63) is 12.2 Å². The minimum absolute atomic E-state index is 0.211. The molecule has 4 heteroatoms. The van der Waals surface area contributed by atoms with Gasteiger partial charge in [0.05, 0.1) is 0 Å². The van der Waals surface area contributed by atoms with Crippen LogP contribution in [0.2, 0.25) is 0 Å². The Hall–Kier alpha value is -0.870. The average molecular weight is 452 g/mol. The van der Waals surface area contributed by atoms with Crippen molar-refractivity contribution in [1.29, 1.82) is 0 Å². The van der Waals surface area contributed by atoms with E-state index < -0.39 is 0 Å². The fourth-order valence-electron chi connectivity index (χ4n) is 4.01. The number of carbonyl (C=O) groups excluding carboxylic acids is 1. The zero-order chi connectivity index (χ0) is 23.9. The monoisotopic (exact) mass is 451 g/mol. The van der Waals surface area contributed by atoms with Crippen LogP contribution >= 0.6 is 0 Å². The summed E-state index contributed by atoms with van der Waals surface area (Å²) in [5.41, 5.74) is 0. The zero-order valence-corrected chi connectivity index (χ0v) is 22.5. The van der Waals surface area contributed by atoms with E-state index in [1.165, 1.54) is 70.6 Å². The lowest BCUT2D eigenvalue weighted by molar-refractivity contribution is -0.126. The van der Waals surface area contributed by atoms with Crippen LogP contribution in [0.15, 0.2) is 12.2 Å². The van der Waals surface area contributed by atoms with Gasteiger partial charge in [-0.15, -0.1) is 0 Å². The molecule has 0 saturated heterocycles. The van der Waals surface area contributed by atoms with Crippen molar-refractivity contribution in [2.75, 3.05) is 54.4 Å². The molecule has 32 heavy (non-hydrogen) atoms. The van der Waals surface area contributed by atoms with Crippen LogP contribution in [0.3, 0.4) is 0 Å². The summed E-state index contributed by atoms with van der Waals surface area (Å²) in [7, 11) is 8.45. The number of hydrogen-bond acceptors (Lipinski definition) is 3. The summed E-state index contributed by atoms with van der Waals surface area (Å²) in [5, 5.41) is 0. The van der Waals surface area contributed by atoms with Gasteiger partial charge in [0, 0.05) is 13.1 Å². The van der Waals surface area contributed by atoms with Crippen molar-refractivity contribution in [2.45, 2.75) is 110 Å². The molecule has 0 unspecified atom stereocenters. The molecule has 0 aromatic carbocycles. The van der Waals surface area contributed by atoms with Crippen LogP contribution in [0.1, 0.15) is 110 Å². The molecule has 0 fully saturated rings. The number of amides is 1. The molecule has 0 bridgehead atoms. The second-order valence-corrected chi connectivity index (χ2v) is 10.1. The molecule has 0 aliphatic heterocycles. The van der Waals surface area contributed by atoms with Crippen molar-refractivity contribution in [2.24, 2.45) is 0 Å². The lowest BCUT2D eigenvalue weighted by Gasteiger charge is -2.22. The van der Waals surface area contributed by atoms with Gasteiger partial charge in [-0.2, -0.15) is 0 Å². The predicted octanol–water partition coefficient (Wildman–Crippen LogP) is 6.76. The van der Waals surface area contributed by atoms with Gasteiger partial charge in [0.25, 0.3) is 0 Å². The molecule has 1 amide bonds. The fourth-order valence-corrected chi connectivity index (χ4v) is 4.01. The van der Waals surface area contributed by atoms with Crippen molar-refractivity contribution in [1.82, 2.24) is 14.7 Å². The SMILES string of the molecule is CCCCCCCCCCCCCC=CC(=O)N(CCCCN(C)C)CCCCN(C)C. The molecule has 0 aliphatic rings. The molecule has 190 valence electrons. The molecular weight excluding hydrogens is 394 g/mol. The molecule has 0 aromatic rings. The molecule has 0 rings (SSSR count). The molecule has 0 atom stereocenters. The Kier molecular flexibility index (Phi) is 22.7. The Labute approximate surface area is 201 Å². The van der Waals surface area contributed by atoms with E-state index >= 15 is 0 Å². The predicted molar refractivity (Wildman–Crippen MR) is 142 cm³/mol. The van der Waals surface area contributed by atoms with Crippen LogP contribution in [0, 0.1) is 0 Å². The Morgan fingerprint density at radius 3 is 1.41 bits per heavy atom. The first-order valence-corrected chi connectivity index (χ1v) is 13.7. The first-order chi connectivity index (χ1) is 15.5. The summed E-state index contributed by atoms with van der Waals surface area (Å²) in [6, 6.07) is 0.